The number of benzene rings is 1. The van der Waals surface area contributed by atoms with E-state index in [9.17, 15) is 13.8 Å². The molecule has 196 valence electrons. The molecule has 8 heteroatoms. The lowest BCUT2D eigenvalue weighted by atomic mass is 9.86. The molecule has 1 aromatic carbocycles. The number of anilines is 1. The number of ketones is 1. The smallest absolute Gasteiger partial charge is 0.198 e. The second kappa shape index (κ2) is 12.2. The number of Topliss-reactive ketones (excluding diaryl/α,β-unsaturated/α-hetero) is 1. The summed E-state index contributed by atoms with van der Waals surface area (Å²) in [6.45, 7) is 8.93. The Morgan fingerprint density at radius 2 is 1.89 bits per heavy atom. The average molecular weight is 521 g/mol. The first-order chi connectivity index (χ1) is 17.5. The second-order valence-corrected chi connectivity index (χ2v) is 12.1. The van der Waals surface area contributed by atoms with Crippen LogP contribution in [-0.4, -0.2) is 50.8 Å². The van der Waals surface area contributed by atoms with E-state index in [4.69, 9.17) is 0 Å². The molecule has 0 aliphatic carbocycles. The predicted molar refractivity (Wildman–Crippen MR) is 154 cm³/mol. The minimum absolute atomic E-state index is 0.0921. The Bertz CT molecular complexity index is 1340. The summed E-state index contributed by atoms with van der Waals surface area (Å²) < 4.78 is 14.7. The van der Waals surface area contributed by atoms with Gasteiger partial charge in [-0.05, 0) is 66.5 Å². The molecule has 1 N–H and O–H groups in total. The van der Waals surface area contributed by atoms with E-state index in [2.05, 4.69) is 51.3 Å². The van der Waals surface area contributed by atoms with E-state index in [0.717, 1.165) is 47.2 Å². The number of nitrogens with zero attached hydrogens (tertiary/aromatic N) is 3. The Labute approximate surface area is 220 Å². The molecular weight excluding hydrogens is 484 g/mol. The fraction of sp³-hybridized carbons (Fsp3) is 0.310. The van der Waals surface area contributed by atoms with E-state index in [0.29, 0.717) is 22.6 Å². The molecule has 0 unspecified atom stereocenters. The Balaban J connectivity index is 1.89. The lowest BCUT2D eigenvalue weighted by Crippen LogP contribution is -2.21. The van der Waals surface area contributed by atoms with Crippen molar-refractivity contribution in [3.8, 4) is 11.1 Å². The van der Waals surface area contributed by atoms with Crippen LogP contribution in [-0.2, 0) is 32.7 Å². The van der Waals surface area contributed by atoms with Crippen LogP contribution in [0.1, 0.15) is 48.4 Å². The van der Waals surface area contributed by atoms with Gasteiger partial charge in [0.05, 0.1) is 0 Å². The molecule has 0 radical (unpaired) electrons. The van der Waals surface area contributed by atoms with Crippen LogP contribution in [0.3, 0.4) is 0 Å². The Hall–Kier alpha value is -3.49. The zero-order valence-electron chi connectivity index (χ0n) is 22.2. The highest BCUT2D eigenvalue weighted by atomic mass is 32.3. The van der Waals surface area contributed by atoms with Gasteiger partial charge in [0.25, 0.3) is 0 Å². The van der Waals surface area contributed by atoms with Crippen LogP contribution >= 0.6 is 0 Å². The van der Waals surface area contributed by atoms with Crippen LogP contribution < -0.4 is 4.72 Å². The molecule has 0 saturated heterocycles. The van der Waals surface area contributed by atoms with Gasteiger partial charge in [0, 0.05) is 58.6 Å². The van der Waals surface area contributed by atoms with Gasteiger partial charge in [-0.3, -0.25) is 18.8 Å². The molecule has 0 bridgehead atoms. The van der Waals surface area contributed by atoms with E-state index < -0.39 is 16.0 Å². The van der Waals surface area contributed by atoms with Gasteiger partial charge in [0.15, 0.2) is 11.4 Å². The summed E-state index contributed by atoms with van der Waals surface area (Å²) in [5.74, 6) is -0.245. The third kappa shape index (κ3) is 7.27. The van der Waals surface area contributed by atoms with Crippen LogP contribution in [0.5, 0.6) is 0 Å². The zero-order chi connectivity index (χ0) is 27.2. The van der Waals surface area contributed by atoms with Crippen molar-refractivity contribution in [2.24, 2.45) is 0 Å². The van der Waals surface area contributed by atoms with E-state index in [1.165, 1.54) is 6.26 Å². The number of nitrogens with one attached hydrogen (secondary N) is 1. The van der Waals surface area contributed by atoms with Crippen molar-refractivity contribution in [3.05, 3.63) is 83.8 Å². The minimum Gasteiger partial charge on any atom is -0.306 e. The minimum atomic E-state index is -3.14. The van der Waals surface area contributed by atoms with Crippen LogP contribution in [0.4, 0.5) is 5.82 Å². The molecule has 0 spiro atoms. The molecule has 2 heterocycles. The summed E-state index contributed by atoms with van der Waals surface area (Å²) in [6, 6.07) is 11.7. The normalized spacial score (nSPS) is 12.7. The van der Waals surface area contributed by atoms with Gasteiger partial charge in [0.1, 0.15) is 5.82 Å². The van der Waals surface area contributed by atoms with E-state index in [1.54, 1.807) is 18.3 Å². The number of hydrogen-bond donors (Lipinski definition) is 2. The molecule has 7 nitrogen and oxygen atoms in total. The zero-order valence-corrected chi connectivity index (χ0v) is 23.1. The standard InChI is InChI=1S/C29H36N4O3S/c1-7-8-23-9-10-24(26-13-22(15-30-16-26)18-33(4)5)14-27(23)21(3)29(35)20(2)25-11-12-28(31-17-25)32-37(6,36)19-34/h9-17,19-20,37H,3,7-8,18H2,1-2,4-6H3,(H,31,32,36)/t20-/m1/s1. The number of allylic oxidation sites excluding steroid dienone is 1. The van der Waals surface area contributed by atoms with Gasteiger partial charge in [-0.1, -0.05) is 45.0 Å². The monoisotopic (exact) mass is 520 g/mol. The first-order valence-corrected chi connectivity index (χ1v) is 14.5. The topological polar surface area (TPSA) is 92.3 Å². The summed E-state index contributed by atoms with van der Waals surface area (Å²) in [4.78, 5) is 35.2. The molecule has 1 atom stereocenters. The van der Waals surface area contributed by atoms with Gasteiger partial charge < -0.3 is 9.62 Å². The maximum absolute atomic E-state index is 13.5. The Morgan fingerprint density at radius 3 is 2.51 bits per heavy atom. The highest BCUT2D eigenvalue weighted by Crippen LogP contribution is 2.31. The van der Waals surface area contributed by atoms with Crippen molar-refractivity contribution in [2.75, 3.05) is 25.1 Å². The number of carbonyl (C=O) groups excluding carboxylic acids is 2. The number of carbonyl (C=O) groups is 2. The maximum Gasteiger partial charge on any atom is 0.198 e. The molecule has 0 fully saturated rings. The van der Waals surface area contributed by atoms with E-state index >= 15 is 0 Å². The number of aromatic nitrogens is 2. The van der Waals surface area contributed by atoms with Gasteiger partial charge in [-0.2, -0.15) is 0 Å². The molecule has 0 amide bonds. The molecular formula is C29H36N4O3S. The number of hydrogen-bond acceptors (Lipinski definition) is 6. The van der Waals surface area contributed by atoms with Crippen LogP contribution in [0.2, 0.25) is 0 Å². The number of pyridine rings is 2. The summed E-state index contributed by atoms with van der Waals surface area (Å²) in [5, 5.41) is 0. The van der Waals surface area contributed by atoms with E-state index in [1.807, 2.05) is 39.5 Å². The van der Waals surface area contributed by atoms with E-state index in [-0.39, 0.29) is 5.78 Å². The highest BCUT2D eigenvalue weighted by molar-refractivity contribution is 8.15. The maximum atomic E-state index is 13.5. The first-order valence-electron chi connectivity index (χ1n) is 12.3. The predicted octanol–water partition coefficient (Wildman–Crippen LogP) is 4.71. The summed E-state index contributed by atoms with van der Waals surface area (Å²) in [7, 11) is 0.901. The molecule has 0 aliphatic rings. The average Bonchev–Trinajstić information content (AvgIpc) is 2.88. The third-order valence-corrected chi connectivity index (χ3v) is 7.17. The molecule has 3 rings (SSSR count). The summed E-state index contributed by atoms with van der Waals surface area (Å²) in [5.41, 5.74) is 6.59. The second-order valence-electron chi connectivity index (χ2n) is 9.69. The van der Waals surface area contributed by atoms with Crippen molar-refractivity contribution in [1.82, 2.24) is 14.9 Å². The fourth-order valence-corrected chi connectivity index (χ4v) is 4.79. The molecule has 0 saturated carbocycles. The number of rotatable bonds is 12. The molecule has 0 aliphatic heterocycles. The first kappa shape index (κ1) is 28.1. The van der Waals surface area contributed by atoms with Gasteiger partial charge in [0.2, 0.25) is 0 Å². The Morgan fingerprint density at radius 1 is 1.14 bits per heavy atom. The van der Waals surface area contributed by atoms with Gasteiger partial charge >= 0.3 is 0 Å². The highest BCUT2D eigenvalue weighted by Gasteiger charge is 2.22. The van der Waals surface area contributed by atoms with Crippen molar-refractivity contribution in [3.63, 3.8) is 0 Å². The Kier molecular flexibility index (Phi) is 9.23. The SMILES string of the molecule is C=C(C(=O)[C@H](C)c1ccc(N[SH](C)(=O)C=O)nc1)c1cc(-c2cncc(CN(C)C)c2)ccc1CCC. The van der Waals surface area contributed by atoms with Gasteiger partial charge in [-0.15, -0.1) is 0 Å². The van der Waals surface area contributed by atoms with Gasteiger partial charge in [-0.25, -0.2) is 4.98 Å². The number of aryl methyl sites for hydroxylation is 1. The van der Waals surface area contributed by atoms with Crippen molar-refractivity contribution >= 4 is 32.9 Å². The lowest BCUT2D eigenvalue weighted by Gasteiger charge is -2.18. The van der Waals surface area contributed by atoms with Crippen molar-refractivity contribution in [2.45, 2.75) is 39.2 Å². The third-order valence-electron chi connectivity index (χ3n) is 6.10. The largest absolute Gasteiger partial charge is 0.306 e. The quantitative estimate of drug-likeness (QED) is 0.204. The number of thiol groups is 1. The van der Waals surface area contributed by atoms with Crippen molar-refractivity contribution in [1.29, 1.82) is 0 Å². The molecule has 37 heavy (non-hydrogen) atoms. The molecule has 3 aromatic rings. The molecule has 2 aromatic heterocycles. The van der Waals surface area contributed by atoms with Crippen LogP contribution in [0, 0.1) is 0 Å². The summed E-state index contributed by atoms with van der Waals surface area (Å²) >= 11 is 0. The summed E-state index contributed by atoms with van der Waals surface area (Å²) in [6.07, 6.45) is 8.39. The lowest BCUT2D eigenvalue weighted by molar-refractivity contribution is -0.114. The van der Waals surface area contributed by atoms with Crippen LogP contribution in [0.15, 0.2) is 61.6 Å². The van der Waals surface area contributed by atoms with Crippen molar-refractivity contribution < 1.29 is 13.8 Å². The van der Waals surface area contributed by atoms with Crippen LogP contribution in [0.25, 0.3) is 16.7 Å². The fourth-order valence-electron chi connectivity index (χ4n) is 4.15.